The van der Waals surface area contributed by atoms with E-state index in [2.05, 4.69) is 112 Å². The second kappa shape index (κ2) is 14.5. The van der Waals surface area contributed by atoms with Gasteiger partial charge in [0.05, 0.1) is 18.2 Å². The van der Waals surface area contributed by atoms with Crippen LogP contribution < -0.4 is 10.2 Å². The summed E-state index contributed by atoms with van der Waals surface area (Å²) in [4.78, 5) is 46.0. The SMILES string of the molecule is CC(C)OC(=O)Nc1cc(CN2CN(c3ccc(C(c4ccccc4)(c4ccccc4)c4ccccc4)cc3)C(C(=O)C=O)C2(C)C)ccn1. The Morgan fingerprint density at radius 3 is 1.86 bits per heavy atom. The fourth-order valence-corrected chi connectivity index (χ4v) is 7.23. The Labute approximate surface area is 293 Å². The molecule has 5 aromatic rings. The van der Waals surface area contributed by atoms with Crippen LogP contribution in [0.2, 0.25) is 0 Å². The molecule has 1 aliphatic heterocycles. The summed E-state index contributed by atoms with van der Waals surface area (Å²) in [6, 6.07) is 42.8. The molecule has 1 aromatic heterocycles. The minimum Gasteiger partial charge on any atom is -0.447 e. The fraction of sp³-hybridized carbons (Fsp3) is 0.238. The Morgan fingerprint density at radius 1 is 0.840 bits per heavy atom. The minimum atomic E-state index is -0.714. The van der Waals surface area contributed by atoms with E-state index in [4.69, 9.17) is 4.74 Å². The second-order valence-electron chi connectivity index (χ2n) is 13.4. The van der Waals surface area contributed by atoms with Gasteiger partial charge in [0.2, 0.25) is 5.78 Å². The zero-order chi connectivity index (χ0) is 35.3. The molecule has 1 saturated heterocycles. The van der Waals surface area contributed by atoms with Crippen molar-refractivity contribution in [2.75, 3.05) is 16.9 Å². The molecule has 0 radical (unpaired) electrons. The van der Waals surface area contributed by atoms with Crippen LogP contribution >= 0.6 is 0 Å². The molecule has 1 aliphatic rings. The van der Waals surface area contributed by atoms with Crippen molar-refractivity contribution < 1.29 is 19.1 Å². The van der Waals surface area contributed by atoms with Crippen molar-refractivity contribution in [3.63, 3.8) is 0 Å². The van der Waals surface area contributed by atoms with Gasteiger partial charge in [0.15, 0.2) is 6.29 Å². The van der Waals surface area contributed by atoms with E-state index >= 15 is 0 Å². The maximum atomic E-state index is 13.3. The molecular formula is C42H42N4O4. The molecule has 0 bridgehead atoms. The molecule has 8 nitrogen and oxygen atoms in total. The summed E-state index contributed by atoms with van der Waals surface area (Å²) >= 11 is 0. The van der Waals surface area contributed by atoms with Gasteiger partial charge in [-0.1, -0.05) is 103 Å². The smallest absolute Gasteiger partial charge is 0.413 e. The lowest BCUT2D eigenvalue weighted by molar-refractivity contribution is -0.131. The Balaban J connectivity index is 1.37. The number of Topliss-reactive ketones (excluding diaryl/α,β-unsaturated/α-hetero) is 1. The summed E-state index contributed by atoms with van der Waals surface area (Å²) < 4.78 is 5.20. The maximum Gasteiger partial charge on any atom is 0.413 e. The standard InChI is InChI=1S/C42H42N4O4/c1-30(2)50-40(49)44-38-26-31(24-25-43-38)27-45-29-46(39(37(48)28-47)41(45,3)4)36-22-20-35(21-23-36)42(32-14-8-5-9-15-32,33-16-10-6-11-17-33)34-18-12-7-13-19-34/h5-26,28,30,39H,27,29H2,1-4H3,(H,43,44,49). The lowest BCUT2D eigenvalue weighted by atomic mass is 9.65. The van der Waals surface area contributed by atoms with E-state index in [-0.39, 0.29) is 6.10 Å². The summed E-state index contributed by atoms with van der Waals surface area (Å²) in [5, 5.41) is 2.68. The Hall–Kier alpha value is -5.60. The summed E-state index contributed by atoms with van der Waals surface area (Å²) in [7, 11) is 0. The first-order valence-corrected chi connectivity index (χ1v) is 16.8. The number of ketones is 1. The molecule has 0 saturated carbocycles. The number of hydrogen-bond acceptors (Lipinski definition) is 7. The fourth-order valence-electron chi connectivity index (χ4n) is 7.23. The molecule has 1 atom stereocenters. The molecule has 254 valence electrons. The molecule has 1 amide bonds. The highest BCUT2D eigenvalue weighted by atomic mass is 16.6. The number of carbonyl (C=O) groups excluding carboxylic acids is 3. The third kappa shape index (κ3) is 6.67. The first-order chi connectivity index (χ1) is 24.1. The average molecular weight is 667 g/mol. The lowest BCUT2D eigenvalue weighted by Crippen LogP contribution is -2.51. The Bertz CT molecular complexity index is 1830. The number of ether oxygens (including phenoxy) is 1. The van der Waals surface area contributed by atoms with Crippen molar-refractivity contribution in [2.45, 2.75) is 57.3 Å². The summed E-state index contributed by atoms with van der Waals surface area (Å²) in [6.07, 6.45) is 1.22. The van der Waals surface area contributed by atoms with E-state index < -0.39 is 28.9 Å². The van der Waals surface area contributed by atoms with Crippen molar-refractivity contribution in [3.8, 4) is 0 Å². The van der Waals surface area contributed by atoms with Gasteiger partial charge in [-0.15, -0.1) is 0 Å². The van der Waals surface area contributed by atoms with Gasteiger partial charge in [-0.2, -0.15) is 0 Å². The first kappa shape index (κ1) is 34.3. The summed E-state index contributed by atoms with van der Waals surface area (Å²) in [6.45, 7) is 8.39. The van der Waals surface area contributed by atoms with Crippen molar-refractivity contribution in [1.29, 1.82) is 0 Å². The van der Waals surface area contributed by atoms with Crippen LogP contribution in [0.25, 0.3) is 0 Å². The quantitative estimate of drug-likeness (QED) is 0.0881. The van der Waals surface area contributed by atoms with Crippen molar-refractivity contribution in [3.05, 3.63) is 161 Å². The highest BCUT2D eigenvalue weighted by Gasteiger charge is 2.50. The number of nitrogens with one attached hydrogen (secondary N) is 1. The zero-order valence-corrected chi connectivity index (χ0v) is 28.8. The molecule has 0 aliphatic carbocycles. The predicted molar refractivity (Wildman–Crippen MR) is 196 cm³/mol. The second-order valence-corrected chi connectivity index (χ2v) is 13.4. The predicted octanol–water partition coefficient (Wildman–Crippen LogP) is 7.62. The van der Waals surface area contributed by atoms with Crippen LogP contribution in [0.15, 0.2) is 134 Å². The molecule has 8 heteroatoms. The zero-order valence-electron chi connectivity index (χ0n) is 28.8. The molecular weight excluding hydrogens is 624 g/mol. The van der Waals surface area contributed by atoms with Gasteiger partial charge < -0.3 is 9.64 Å². The summed E-state index contributed by atoms with van der Waals surface area (Å²) in [5.74, 6) is -0.112. The first-order valence-electron chi connectivity index (χ1n) is 16.8. The number of hydrogen-bond donors (Lipinski definition) is 1. The lowest BCUT2D eigenvalue weighted by Gasteiger charge is -2.37. The topological polar surface area (TPSA) is 91.8 Å². The minimum absolute atomic E-state index is 0.262. The molecule has 0 spiro atoms. The van der Waals surface area contributed by atoms with Crippen LogP contribution in [-0.2, 0) is 26.3 Å². The van der Waals surface area contributed by atoms with E-state index in [9.17, 15) is 14.4 Å². The van der Waals surface area contributed by atoms with Gasteiger partial charge in [0.1, 0.15) is 11.9 Å². The Morgan fingerprint density at radius 2 is 1.36 bits per heavy atom. The van der Waals surface area contributed by atoms with Crippen LogP contribution in [0.3, 0.4) is 0 Å². The van der Waals surface area contributed by atoms with E-state index in [1.807, 2.05) is 43.0 Å². The highest BCUT2D eigenvalue weighted by Crippen LogP contribution is 2.46. The number of carbonyl (C=O) groups is 3. The highest BCUT2D eigenvalue weighted by molar-refractivity contribution is 6.28. The van der Waals surface area contributed by atoms with E-state index in [1.165, 1.54) is 0 Å². The van der Waals surface area contributed by atoms with E-state index in [1.54, 1.807) is 26.1 Å². The third-order valence-corrected chi connectivity index (χ3v) is 9.53. The van der Waals surface area contributed by atoms with Gasteiger partial charge in [0.25, 0.3) is 0 Å². The van der Waals surface area contributed by atoms with Gasteiger partial charge >= 0.3 is 6.09 Å². The molecule has 6 rings (SSSR count). The number of aldehydes is 1. The molecule has 1 N–H and O–H groups in total. The van der Waals surface area contributed by atoms with Crippen LogP contribution in [0, 0.1) is 0 Å². The Kier molecular flexibility index (Phi) is 9.93. The molecule has 4 aromatic carbocycles. The van der Waals surface area contributed by atoms with E-state index in [0.717, 1.165) is 33.5 Å². The van der Waals surface area contributed by atoms with Crippen LogP contribution in [0.1, 0.15) is 55.5 Å². The van der Waals surface area contributed by atoms with Crippen LogP contribution in [0.5, 0.6) is 0 Å². The average Bonchev–Trinajstić information content (AvgIpc) is 3.39. The number of anilines is 2. The number of aromatic nitrogens is 1. The van der Waals surface area contributed by atoms with Crippen LogP contribution in [-0.4, -0.2) is 52.4 Å². The van der Waals surface area contributed by atoms with Crippen molar-refractivity contribution >= 4 is 29.7 Å². The van der Waals surface area contributed by atoms with Crippen molar-refractivity contribution in [2.24, 2.45) is 0 Å². The van der Waals surface area contributed by atoms with Gasteiger partial charge in [0, 0.05) is 24.0 Å². The largest absolute Gasteiger partial charge is 0.447 e. The van der Waals surface area contributed by atoms with Gasteiger partial charge in [-0.05, 0) is 79.8 Å². The number of nitrogens with zero attached hydrogens (tertiary/aromatic N) is 3. The maximum absolute atomic E-state index is 13.3. The molecule has 2 heterocycles. The molecule has 1 fully saturated rings. The normalized spacial score (nSPS) is 15.9. The van der Waals surface area contributed by atoms with Gasteiger partial charge in [-0.3, -0.25) is 19.8 Å². The number of rotatable bonds is 11. The van der Waals surface area contributed by atoms with Gasteiger partial charge in [-0.25, -0.2) is 9.78 Å². The van der Waals surface area contributed by atoms with Crippen LogP contribution in [0.4, 0.5) is 16.3 Å². The number of benzene rings is 4. The summed E-state index contributed by atoms with van der Waals surface area (Å²) in [5.41, 5.74) is 4.90. The monoisotopic (exact) mass is 666 g/mol. The van der Waals surface area contributed by atoms with Crippen molar-refractivity contribution in [1.82, 2.24) is 9.88 Å². The number of pyridine rings is 1. The molecule has 1 unspecified atom stereocenters. The van der Waals surface area contributed by atoms with E-state index in [0.29, 0.717) is 25.3 Å². The third-order valence-electron chi connectivity index (χ3n) is 9.53. The number of amides is 1. The molecule has 50 heavy (non-hydrogen) atoms.